The van der Waals surface area contributed by atoms with Crippen molar-refractivity contribution in [2.45, 2.75) is 19.3 Å². The zero-order chi connectivity index (χ0) is 30.1. The zero-order valence-electron chi connectivity index (χ0n) is 25.2. The molecule has 1 heterocycles. The first-order valence-electron chi connectivity index (χ1n) is 15.5. The molecule has 0 fully saturated rings. The van der Waals surface area contributed by atoms with Crippen molar-refractivity contribution in [2.75, 3.05) is 4.90 Å². The van der Waals surface area contributed by atoms with E-state index in [2.05, 4.69) is 164 Å². The van der Waals surface area contributed by atoms with Crippen molar-refractivity contribution in [3.63, 3.8) is 0 Å². The van der Waals surface area contributed by atoms with Crippen LogP contribution in [0.25, 0.3) is 53.5 Å². The van der Waals surface area contributed by atoms with Crippen molar-refractivity contribution in [1.29, 1.82) is 0 Å². The second-order valence-corrected chi connectivity index (χ2v) is 13.4. The van der Waals surface area contributed by atoms with Gasteiger partial charge in [-0.05, 0) is 86.9 Å². The average molecular weight is 595 g/mol. The molecule has 0 radical (unpaired) electrons. The second-order valence-electron chi connectivity index (χ2n) is 12.4. The highest BCUT2D eigenvalue weighted by Crippen LogP contribution is 2.54. The molecular weight excluding hydrogens is 565 g/mol. The topological polar surface area (TPSA) is 16.1 Å². The van der Waals surface area contributed by atoms with Crippen molar-refractivity contribution in [3.8, 4) is 21.7 Å². The highest BCUT2D eigenvalue weighted by atomic mass is 32.1. The predicted octanol–water partition coefficient (Wildman–Crippen LogP) is 12.0. The van der Waals surface area contributed by atoms with E-state index in [1.807, 2.05) is 0 Å². The van der Waals surface area contributed by atoms with Crippen LogP contribution >= 0.6 is 11.3 Å². The number of hydrogen-bond donors (Lipinski definition) is 0. The lowest BCUT2D eigenvalue weighted by atomic mass is 9.80. The van der Waals surface area contributed by atoms with Crippen molar-refractivity contribution >= 4 is 60.2 Å². The molecule has 8 aromatic rings. The van der Waals surface area contributed by atoms with E-state index in [-0.39, 0.29) is 5.41 Å². The molecule has 1 aromatic heterocycles. The molecule has 0 saturated carbocycles. The van der Waals surface area contributed by atoms with E-state index in [0.717, 1.165) is 21.9 Å². The number of benzene rings is 7. The van der Waals surface area contributed by atoms with E-state index < -0.39 is 0 Å². The molecule has 0 atom stereocenters. The molecule has 0 unspecified atom stereocenters. The average Bonchev–Trinajstić information content (AvgIpc) is 3.63. The number of aromatic nitrogens is 1. The first kappa shape index (κ1) is 26.2. The number of thiazole rings is 1. The van der Waals surface area contributed by atoms with Gasteiger partial charge < -0.3 is 4.90 Å². The van der Waals surface area contributed by atoms with Crippen molar-refractivity contribution in [2.24, 2.45) is 0 Å². The van der Waals surface area contributed by atoms with E-state index in [4.69, 9.17) is 4.98 Å². The van der Waals surface area contributed by atoms with Crippen LogP contribution < -0.4 is 4.90 Å². The van der Waals surface area contributed by atoms with Gasteiger partial charge in [0, 0.05) is 33.4 Å². The summed E-state index contributed by atoms with van der Waals surface area (Å²) in [6, 6.07) is 52.7. The third-order valence-corrected chi connectivity index (χ3v) is 10.6. The summed E-state index contributed by atoms with van der Waals surface area (Å²) in [5.74, 6) is 0. The number of hydrogen-bond acceptors (Lipinski definition) is 3. The molecule has 1 aliphatic carbocycles. The summed E-state index contributed by atoms with van der Waals surface area (Å²) in [6.07, 6.45) is 0. The van der Waals surface area contributed by atoms with Crippen molar-refractivity contribution < 1.29 is 0 Å². The van der Waals surface area contributed by atoms with Crippen LogP contribution in [0.3, 0.4) is 0 Å². The second kappa shape index (κ2) is 9.88. The van der Waals surface area contributed by atoms with Crippen molar-refractivity contribution in [1.82, 2.24) is 4.98 Å². The molecule has 0 bridgehead atoms. The van der Waals surface area contributed by atoms with E-state index in [1.165, 1.54) is 59.7 Å². The summed E-state index contributed by atoms with van der Waals surface area (Å²) in [5, 5.41) is 6.17. The summed E-state index contributed by atoms with van der Waals surface area (Å²) in [5.41, 5.74) is 11.0. The fraction of sp³-hybridized carbons (Fsp3) is 0.0714. The number of anilines is 3. The van der Waals surface area contributed by atoms with Crippen LogP contribution in [0.5, 0.6) is 0 Å². The lowest BCUT2D eigenvalue weighted by Gasteiger charge is -2.28. The SMILES string of the molecule is CC1(C)c2cc(N(c3ccccc3)c3ccccc3)ccc2-c2ccc3c(ccc4nc(-c5ccc6ccccc6c5)sc43)c21. The zero-order valence-corrected chi connectivity index (χ0v) is 26.0. The summed E-state index contributed by atoms with van der Waals surface area (Å²) >= 11 is 1.80. The Bertz CT molecular complexity index is 2360. The Labute approximate surface area is 266 Å². The number of fused-ring (bicyclic) bond motifs is 8. The number of rotatable bonds is 4. The maximum absolute atomic E-state index is 5.11. The van der Waals surface area contributed by atoms with Crippen LogP contribution in [0.4, 0.5) is 17.1 Å². The van der Waals surface area contributed by atoms with Crippen LogP contribution in [0.2, 0.25) is 0 Å². The Morgan fingerprint density at radius 3 is 1.98 bits per heavy atom. The molecule has 214 valence electrons. The molecule has 3 heteroatoms. The first-order chi connectivity index (χ1) is 22.1. The standard InChI is InChI=1S/C42H30N2S/c1-42(2)37-26-32(44(30-13-5-3-6-14-30)31-15-7-4-8-16-31)19-20-33(37)34-21-22-36-35(39(34)42)23-24-38-40(36)45-41(43-38)29-18-17-27-11-9-10-12-28(27)25-29/h3-26H,1-2H3. The summed E-state index contributed by atoms with van der Waals surface area (Å²) < 4.78 is 1.25. The molecule has 7 aromatic carbocycles. The fourth-order valence-electron chi connectivity index (χ4n) is 7.29. The number of nitrogens with zero attached hydrogens (tertiary/aromatic N) is 2. The molecule has 0 N–H and O–H groups in total. The Hall–Kier alpha value is -5.25. The summed E-state index contributed by atoms with van der Waals surface area (Å²) in [6.45, 7) is 4.77. The van der Waals surface area contributed by atoms with E-state index in [1.54, 1.807) is 11.3 Å². The van der Waals surface area contributed by atoms with Gasteiger partial charge in [-0.2, -0.15) is 0 Å². The molecule has 0 saturated heterocycles. The smallest absolute Gasteiger partial charge is 0.124 e. The summed E-state index contributed by atoms with van der Waals surface area (Å²) in [4.78, 5) is 7.46. The molecule has 9 rings (SSSR count). The van der Waals surface area contributed by atoms with E-state index >= 15 is 0 Å². The van der Waals surface area contributed by atoms with Crippen molar-refractivity contribution in [3.05, 3.63) is 157 Å². The highest BCUT2D eigenvalue weighted by Gasteiger charge is 2.37. The molecule has 0 spiro atoms. The van der Waals surface area contributed by atoms with Gasteiger partial charge in [-0.25, -0.2) is 4.98 Å². The first-order valence-corrected chi connectivity index (χ1v) is 16.3. The Morgan fingerprint density at radius 2 is 1.22 bits per heavy atom. The lowest BCUT2D eigenvalue weighted by Crippen LogP contribution is -2.17. The normalized spacial score (nSPS) is 13.3. The fourth-order valence-corrected chi connectivity index (χ4v) is 8.38. The molecule has 0 amide bonds. The number of para-hydroxylation sites is 2. The maximum atomic E-state index is 5.11. The molecule has 0 aliphatic heterocycles. The lowest BCUT2D eigenvalue weighted by molar-refractivity contribution is 0.666. The minimum atomic E-state index is -0.168. The minimum Gasteiger partial charge on any atom is -0.310 e. The third-order valence-electron chi connectivity index (χ3n) is 9.43. The summed E-state index contributed by atoms with van der Waals surface area (Å²) in [7, 11) is 0. The van der Waals surface area contributed by atoms with Gasteiger partial charge in [0.1, 0.15) is 5.01 Å². The van der Waals surface area contributed by atoms with E-state index in [9.17, 15) is 0 Å². The van der Waals surface area contributed by atoms with Gasteiger partial charge in [0.15, 0.2) is 0 Å². The highest BCUT2D eigenvalue weighted by molar-refractivity contribution is 7.22. The Kier molecular flexibility index (Phi) is 5.75. The van der Waals surface area contributed by atoms with Gasteiger partial charge in [0.05, 0.1) is 10.2 Å². The largest absolute Gasteiger partial charge is 0.310 e. The van der Waals surface area contributed by atoms with Gasteiger partial charge in [0.2, 0.25) is 0 Å². The third kappa shape index (κ3) is 4.04. The van der Waals surface area contributed by atoms with E-state index in [0.29, 0.717) is 0 Å². The monoisotopic (exact) mass is 594 g/mol. The maximum Gasteiger partial charge on any atom is 0.124 e. The predicted molar refractivity (Wildman–Crippen MR) is 192 cm³/mol. The minimum absolute atomic E-state index is 0.168. The van der Waals surface area contributed by atoms with Gasteiger partial charge in [0.25, 0.3) is 0 Å². The van der Waals surface area contributed by atoms with Crippen LogP contribution in [0.15, 0.2) is 146 Å². The van der Waals surface area contributed by atoms with Crippen LogP contribution in [-0.4, -0.2) is 4.98 Å². The Morgan fingerprint density at radius 1 is 0.556 bits per heavy atom. The van der Waals surface area contributed by atoms with Gasteiger partial charge >= 0.3 is 0 Å². The van der Waals surface area contributed by atoms with Crippen LogP contribution in [-0.2, 0) is 5.41 Å². The molecule has 2 nitrogen and oxygen atoms in total. The van der Waals surface area contributed by atoms with Crippen LogP contribution in [0.1, 0.15) is 25.0 Å². The molecule has 45 heavy (non-hydrogen) atoms. The molecular formula is C42H30N2S. The van der Waals surface area contributed by atoms with Gasteiger partial charge in [-0.3, -0.25) is 0 Å². The Balaban J connectivity index is 1.18. The quantitative estimate of drug-likeness (QED) is 0.201. The van der Waals surface area contributed by atoms with Gasteiger partial charge in [-0.1, -0.05) is 111 Å². The van der Waals surface area contributed by atoms with Gasteiger partial charge in [-0.15, -0.1) is 11.3 Å². The van der Waals surface area contributed by atoms with Crippen LogP contribution in [0, 0.1) is 0 Å². The molecule has 1 aliphatic rings.